The Bertz CT molecular complexity index is 1130. The summed E-state index contributed by atoms with van der Waals surface area (Å²) >= 11 is 0. The third kappa shape index (κ3) is 5.92. The number of carbonyl (C=O) groups excluding carboxylic acids is 1. The predicted octanol–water partition coefficient (Wildman–Crippen LogP) is 5.59. The molecule has 0 saturated carbocycles. The van der Waals surface area contributed by atoms with Crippen molar-refractivity contribution in [2.24, 2.45) is 0 Å². The number of esters is 1. The molecule has 0 fully saturated rings. The van der Waals surface area contributed by atoms with E-state index in [1.807, 2.05) is 68.5 Å². The van der Waals surface area contributed by atoms with E-state index in [0.717, 1.165) is 39.1 Å². The predicted molar refractivity (Wildman–Crippen MR) is 120 cm³/mol. The molecule has 0 aliphatic rings. The number of hydrogen-bond donors (Lipinski definition) is 1. The molecule has 0 spiro atoms. The topological polar surface area (TPSA) is 63.6 Å². The number of carboxylic acid groups (broad SMARTS) is 1. The van der Waals surface area contributed by atoms with Crippen molar-refractivity contribution >= 4 is 28.8 Å². The highest BCUT2D eigenvalue weighted by atomic mass is 16.5. The second-order valence-electron chi connectivity index (χ2n) is 7.36. The maximum absolute atomic E-state index is 12.6. The number of carbonyl (C=O) groups is 2. The molecule has 3 aromatic carbocycles. The molecular weight excluding hydrogens is 376 g/mol. The molecule has 0 aliphatic carbocycles. The minimum atomic E-state index is -1.01. The number of aliphatic carboxylic acids is 1. The summed E-state index contributed by atoms with van der Waals surface area (Å²) in [6.07, 6.45) is 5.42. The van der Waals surface area contributed by atoms with Gasteiger partial charge in [0, 0.05) is 6.08 Å². The Hall–Kier alpha value is -3.66. The highest BCUT2D eigenvalue weighted by Gasteiger charge is 2.11. The van der Waals surface area contributed by atoms with Gasteiger partial charge >= 0.3 is 11.9 Å². The summed E-state index contributed by atoms with van der Waals surface area (Å²) in [7, 11) is 0. The molecule has 0 aliphatic heterocycles. The van der Waals surface area contributed by atoms with Gasteiger partial charge in [0.2, 0.25) is 0 Å². The van der Waals surface area contributed by atoms with Crippen LogP contribution in [0.3, 0.4) is 0 Å². The van der Waals surface area contributed by atoms with E-state index in [-0.39, 0.29) is 12.4 Å². The van der Waals surface area contributed by atoms with E-state index >= 15 is 0 Å². The molecule has 4 nitrogen and oxygen atoms in total. The number of ether oxygens (including phenoxy) is 1. The van der Waals surface area contributed by atoms with Gasteiger partial charge in [-0.05, 0) is 65.9 Å². The van der Waals surface area contributed by atoms with Crippen LogP contribution in [0.25, 0.3) is 16.8 Å². The Labute approximate surface area is 176 Å². The smallest absolute Gasteiger partial charge is 0.328 e. The van der Waals surface area contributed by atoms with Crippen LogP contribution in [0.2, 0.25) is 0 Å². The molecule has 4 heteroatoms. The van der Waals surface area contributed by atoms with Crippen LogP contribution in [0.15, 0.2) is 78.4 Å². The molecule has 3 aromatic rings. The van der Waals surface area contributed by atoms with Crippen LogP contribution in [0.4, 0.5) is 0 Å². The third-order valence-corrected chi connectivity index (χ3v) is 4.62. The average Bonchev–Trinajstić information content (AvgIpc) is 2.71. The lowest BCUT2D eigenvalue weighted by molar-refractivity contribution is -0.134. The molecule has 0 unspecified atom stereocenters. The monoisotopic (exact) mass is 400 g/mol. The lowest BCUT2D eigenvalue weighted by atomic mass is 10.0. The first kappa shape index (κ1) is 21.1. The first-order valence-corrected chi connectivity index (χ1v) is 9.76. The van der Waals surface area contributed by atoms with E-state index in [4.69, 9.17) is 9.84 Å². The second kappa shape index (κ2) is 9.70. The first-order chi connectivity index (χ1) is 14.4. The SMILES string of the molecule is CC(C)=CCc1cc(/C=C/C(=O)O)ccc1OC(=O)Cc1ccc2ccccc2c1. The van der Waals surface area contributed by atoms with Crippen LogP contribution in [-0.4, -0.2) is 17.0 Å². The van der Waals surface area contributed by atoms with Crippen molar-refractivity contribution in [3.05, 3.63) is 95.1 Å². The van der Waals surface area contributed by atoms with Crippen molar-refractivity contribution < 1.29 is 19.4 Å². The first-order valence-electron chi connectivity index (χ1n) is 9.76. The van der Waals surface area contributed by atoms with Crippen LogP contribution in [0.1, 0.15) is 30.5 Å². The van der Waals surface area contributed by atoms with Crippen LogP contribution in [0, 0.1) is 0 Å². The fourth-order valence-corrected chi connectivity index (χ4v) is 3.12. The molecule has 0 heterocycles. The standard InChI is InChI=1S/C26H24O4/c1-18(2)7-11-23-15-19(10-14-25(27)28)9-13-24(23)30-26(29)17-20-8-12-21-5-3-4-6-22(21)16-20/h3-10,12-16H,11,17H2,1-2H3,(H,27,28)/b14-10+. The Morgan fingerprint density at radius 3 is 2.47 bits per heavy atom. The van der Waals surface area contributed by atoms with Crippen molar-refractivity contribution in [1.29, 1.82) is 0 Å². The van der Waals surface area contributed by atoms with Crippen molar-refractivity contribution in [2.75, 3.05) is 0 Å². The summed E-state index contributed by atoms with van der Waals surface area (Å²) in [6, 6.07) is 19.3. The van der Waals surface area contributed by atoms with E-state index in [0.29, 0.717) is 12.2 Å². The molecule has 30 heavy (non-hydrogen) atoms. The Morgan fingerprint density at radius 1 is 0.967 bits per heavy atom. The molecule has 0 bridgehead atoms. The van der Waals surface area contributed by atoms with Gasteiger partial charge in [-0.25, -0.2) is 4.79 Å². The number of benzene rings is 3. The molecular formula is C26H24O4. The van der Waals surface area contributed by atoms with Crippen molar-refractivity contribution in [3.63, 3.8) is 0 Å². The normalized spacial score (nSPS) is 10.9. The van der Waals surface area contributed by atoms with E-state index in [1.54, 1.807) is 12.1 Å². The quantitative estimate of drug-likeness (QED) is 0.243. The van der Waals surface area contributed by atoms with E-state index in [9.17, 15) is 9.59 Å². The maximum atomic E-state index is 12.6. The Balaban J connectivity index is 1.79. The summed E-state index contributed by atoms with van der Waals surface area (Å²) in [5, 5.41) is 11.0. The lowest BCUT2D eigenvalue weighted by Gasteiger charge is -2.11. The zero-order chi connectivity index (χ0) is 21.5. The van der Waals surface area contributed by atoms with Crippen LogP contribution in [-0.2, 0) is 22.4 Å². The van der Waals surface area contributed by atoms with Gasteiger partial charge in [-0.15, -0.1) is 0 Å². The maximum Gasteiger partial charge on any atom is 0.328 e. The Kier molecular flexibility index (Phi) is 6.81. The fourth-order valence-electron chi connectivity index (χ4n) is 3.12. The van der Waals surface area contributed by atoms with Gasteiger partial charge in [-0.2, -0.15) is 0 Å². The minimum absolute atomic E-state index is 0.174. The summed E-state index contributed by atoms with van der Waals surface area (Å²) in [5.74, 6) is -0.852. The molecule has 0 aromatic heterocycles. The number of fused-ring (bicyclic) bond motifs is 1. The molecule has 0 radical (unpaired) electrons. The van der Waals surface area contributed by atoms with E-state index in [1.165, 1.54) is 6.08 Å². The number of hydrogen-bond acceptors (Lipinski definition) is 3. The van der Waals surface area contributed by atoms with Crippen molar-refractivity contribution in [2.45, 2.75) is 26.7 Å². The summed E-state index contributed by atoms with van der Waals surface area (Å²) in [5.41, 5.74) is 3.61. The molecule has 1 N–H and O–H groups in total. The van der Waals surface area contributed by atoms with Gasteiger partial charge in [0.1, 0.15) is 5.75 Å². The van der Waals surface area contributed by atoms with Crippen LogP contribution >= 0.6 is 0 Å². The third-order valence-electron chi connectivity index (χ3n) is 4.62. The van der Waals surface area contributed by atoms with Crippen molar-refractivity contribution in [1.82, 2.24) is 0 Å². The van der Waals surface area contributed by atoms with Crippen LogP contribution in [0.5, 0.6) is 5.75 Å². The summed E-state index contributed by atoms with van der Waals surface area (Å²) in [4.78, 5) is 23.4. The second-order valence-corrected chi connectivity index (χ2v) is 7.36. The van der Waals surface area contributed by atoms with Gasteiger partial charge < -0.3 is 9.84 Å². The van der Waals surface area contributed by atoms with E-state index in [2.05, 4.69) is 0 Å². The number of allylic oxidation sites excluding steroid dienone is 2. The average molecular weight is 400 g/mol. The lowest BCUT2D eigenvalue weighted by Crippen LogP contribution is -2.12. The van der Waals surface area contributed by atoms with Gasteiger partial charge in [-0.1, -0.05) is 60.2 Å². The summed E-state index contributed by atoms with van der Waals surface area (Å²) < 4.78 is 5.67. The highest BCUT2D eigenvalue weighted by Crippen LogP contribution is 2.24. The van der Waals surface area contributed by atoms with Crippen molar-refractivity contribution in [3.8, 4) is 5.75 Å². The van der Waals surface area contributed by atoms with Gasteiger partial charge in [0.25, 0.3) is 0 Å². The molecule has 0 amide bonds. The van der Waals surface area contributed by atoms with Gasteiger partial charge in [0.15, 0.2) is 0 Å². The zero-order valence-electron chi connectivity index (χ0n) is 17.1. The van der Waals surface area contributed by atoms with E-state index < -0.39 is 5.97 Å². The molecule has 0 atom stereocenters. The number of carboxylic acids is 1. The minimum Gasteiger partial charge on any atom is -0.478 e. The van der Waals surface area contributed by atoms with Gasteiger partial charge in [0.05, 0.1) is 6.42 Å². The fraction of sp³-hybridized carbons (Fsp3) is 0.154. The van der Waals surface area contributed by atoms with Gasteiger partial charge in [-0.3, -0.25) is 4.79 Å². The Morgan fingerprint density at radius 2 is 1.73 bits per heavy atom. The molecule has 3 rings (SSSR count). The largest absolute Gasteiger partial charge is 0.478 e. The highest BCUT2D eigenvalue weighted by molar-refractivity contribution is 5.86. The molecule has 152 valence electrons. The number of rotatable bonds is 7. The van der Waals surface area contributed by atoms with Crippen LogP contribution < -0.4 is 4.74 Å². The zero-order valence-corrected chi connectivity index (χ0v) is 17.1. The summed E-state index contributed by atoms with van der Waals surface area (Å²) in [6.45, 7) is 4.00. The molecule has 0 saturated heterocycles.